The number of nitrogens with zero attached hydrogens (tertiary/aromatic N) is 2. The van der Waals surface area contributed by atoms with Crippen LogP contribution in [0.25, 0.3) is 11.5 Å². The van der Waals surface area contributed by atoms with E-state index in [0.717, 1.165) is 37.7 Å². The molecule has 0 N–H and O–H groups in total. The first-order valence-electron chi connectivity index (χ1n) is 9.34. The Labute approximate surface area is 153 Å². The molecular formula is C21H24N2O3. The molecule has 2 aromatic rings. The highest BCUT2D eigenvalue weighted by Gasteiger charge is 2.35. The molecule has 0 bridgehead atoms. The van der Waals surface area contributed by atoms with Crippen molar-refractivity contribution in [2.75, 3.05) is 0 Å². The fourth-order valence-corrected chi connectivity index (χ4v) is 3.13. The number of Topliss-reactive ketones (excluding diaryl/α,β-unsaturated/α-hetero) is 2. The van der Waals surface area contributed by atoms with Crippen molar-refractivity contribution in [2.45, 2.75) is 58.4 Å². The van der Waals surface area contributed by atoms with Crippen molar-refractivity contribution in [1.82, 2.24) is 4.98 Å². The van der Waals surface area contributed by atoms with Crippen LogP contribution in [0.4, 0.5) is 0 Å². The molecule has 1 aromatic carbocycles. The first kappa shape index (κ1) is 18.2. The fraction of sp³-hybridized carbons (Fsp3) is 0.429. The molecule has 1 heterocycles. The van der Waals surface area contributed by atoms with Crippen molar-refractivity contribution in [3.8, 4) is 11.5 Å². The van der Waals surface area contributed by atoms with Crippen LogP contribution in [0.15, 0.2) is 39.7 Å². The number of oxazole rings is 1. The van der Waals surface area contributed by atoms with E-state index in [4.69, 9.17) is 4.42 Å². The average Bonchev–Trinajstić information content (AvgIpc) is 3.12. The summed E-state index contributed by atoms with van der Waals surface area (Å²) in [5.74, 6) is -0.174. The second-order valence-electron chi connectivity index (χ2n) is 6.63. The first-order chi connectivity index (χ1) is 12.6. The molecule has 5 heteroatoms. The minimum absolute atomic E-state index is 0.0108. The molecule has 1 unspecified atom stereocenters. The lowest BCUT2D eigenvalue weighted by atomic mass is 9.96. The fourth-order valence-electron chi connectivity index (χ4n) is 3.13. The summed E-state index contributed by atoms with van der Waals surface area (Å²) in [5.41, 5.74) is 1.18. The third-order valence-electron chi connectivity index (χ3n) is 4.66. The van der Waals surface area contributed by atoms with Gasteiger partial charge in [0.05, 0.1) is 18.2 Å². The van der Waals surface area contributed by atoms with Crippen LogP contribution in [-0.4, -0.2) is 28.3 Å². The van der Waals surface area contributed by atoms with Gasteiger partial charge in [-0.3, -0.25) is 14.6 Å². The summed E-state index contributed by atoms with van der Waals surface area (Å²) >= 11 is 0. The van der Waals surface area contributed by atoms with Crippen LogP contribution in [0, 0.1) is 0 Å². The van der Waals surface area contributed by atoms with Gasteiger partial charge in [-0.05, 0) is 25.0 Å². The highest BCUT2D eigenvalue weighted by Crippen LogP contribution is 2.27. The Kier molecular flexibility index (Phi) is 5.76. The van der Waals surface area contributed by atoms with E-state index in [2.05, 4.69) is 23.8 Å². The number of rotatable bonds is 7. The average molecular weight is 352 g/mol. The summed E-state index contributed by atoms with van der Waals surface area (Å²) in [6, 6.07) is 9.35. The predicted molar refractivity (Wildman–Crippen MR) is 101 cm³/mol. The van der Waals surface area contributed by atoms with Gasteiger partial charge >= 0.3 is 0 Å². The van der Waals surface area contributed by atoms with E-state index in [9.17, 15) is 9.59 Å². The Balaban J connectivity index is 1.86. The van der Waals surface area contributed by atoms with Crippen LogP contribution in [0.5, 0.6) is 0 Å². The maximum absolute atomic E-state index is 12.8. The standard InChI is InChI=1S/C21H24N2O3/c1-3-5-7-12-15(4-2)22-16-13-17(24)18-20(19(16)25)26-21(23-18)14-10-8-6-9-11-14/h6,8-11,15H,3-5,7,12-13H2,1-2H3. The van der Waals surface area contributed by atoms with Gasteiger partial charge in [-0.2, -0.15) is 0 Å². The lowest BCUT2D eigenvalue weighted by Gasteiger charge is -2.14. The van der Waals surface area contributed by atoms with Crippen LogP contribution in [0.1, 0.15) is 73.4 Å². The second-order valence-corrected chi connectivity index (χ2v) is 6.63. The van der Waals surface area contributed by atoms with Gasteiger partial charge in [0.2, 0.25) is 17.4 Å². The lowest BCUT2D eigenvalue weighted by molar-refractivity contribution is 0.0949. The zero-order valence-corrected chi connectivity index (χ0v) is 15.3. The van der Waals surface area contributed by atoms with E-state index in [-0.39, 0.29) is 35.5 Å². The number of carbonyl (C=O) groups is 2. The molecule has 0 saturated carbocycles. The van der Waals surface area contributed by atoms with Crippen molar-refractivity contribution >= 4 is 17.3 Å². The molecule has 5 nitrogen and oxygen atoms in total. The van der Waals surface area contributed by atoms with Gasteiger partial charge in [0.1, 0.15) is 0 Å². The van der Waals surface area contributed by atoms with E-state index in [1.165, 1.54) is 0 Å². The molecule has 0 amide bonds. The molecule has 0 radical (unpaired) electrons. The Morgan fingerprint density at radius 3 is 2.62 bits per heavy atom. The van der Waals surface area contributed by atoms with Crippen LogP contribution in [-0.2, 0) is 0 Å². The molecule has 0 fully saturated rings. The number of ketones is 2. The SMILES string of the molecule is CCCCCC(CC)N=C1CC(=O)c2nc(-c3ccccc3)oc2C1=O. The van der Waals surface area contributed by atoms with Gasteiger partial charge in [-0.1, -0.05) is 51.3 Å². The maximum atomic E-state index is 12.8. The van der Waals surface area contributed by atoms with Crippen LogP contribution >= 0.6 is 0 Å². The van der Waals surface area contributed by atoms with Gasteiger partial charge in [0.15, 0.2) is 11.5 Å². The van der Waals surface area contributed by atoms with Gasteiger partial charge in [0, 0.05) is 5.56 Å². The number of fused-ring (bicyclic) bond motifs is 1. The molecular weight excluding hydrogens is 328 g/mol. The number of aliphatic imine (C=N–C) groups is 1. The Morgan fingerprint density at radius 1 is 1.15 bits per heavy atom. The number of carbonyl (C=O) groups excluding carboxylic acids is 2. The molecule has 1 aliphatic rings. The lowest BCUT2D eigenvalue weighted by Crippen LogP contribution is -2.28. The molecule has 1 aliphatic carbocycles. The Bertz CT molecular complexity index is 821. The van der Waals surface area contributed by atoms with E-state index in [1.807, 2.05) is 30.3 Å². The van der Waals surface area contributed by atoms with E-state index >= 15 is 0 Å². The number of aromatic nitrogens is 1. The largest absolute Gasteiger partial charge is 0.432 e. The number of unbranched alkanes of at least 4 members (excludes halogenated alkanes) is 2. The van der Waals surface area contributed by atoms with Crippen molar-refractivity contribution in [3.63, 3.8) is 0 Å². The van der Waals surface area contributed by atoms with Gasteiger partial charge in [-0.15, -0.1) is 0 Å². The van der Waals surface area contributed by atoms with Crippen molar-refractivity contribution in [1.29, 1.82) is 0 Å². The predicted octanol–water partition coefficient (Wildman–Crippen LogP) is 4.91. The molecule has 3 rings (SSSR count). The highest BCUT2D eigenvalue weighted by molar-refractivity contribution is 6.51. The van der Waals surface area contributed by atoms with Gasteiger partial charge in [-0.25, -0.2) is 4.98 Å². The summed E-state index contributed by atoms with van der Waals surface area (Å²) in [6.45, 7) is 4.22. The Hall–Kier alpha value is -2.56. The molecule has 1 atom stereocenters. The maximum Gasteiger partial charge on any atom is 0.244 e. The Morgan fingerprint density at radius 2 is 1.92 bits per heavy atom. The highest BCUT2D eigenvalue weighted by atomic mass is 16.4. The van der Waals surface area contributed by atoms with Crippen LogP contribution in [0.3, 0.4) is 0 Å². The molecule has 136 valence electrons. The smallest absolute Gasteiger partial charge is 0.244 e. The third-order valence-corrected chi connectivity index (χ3v) is 4.66. The monoisotopic (exact) mass is 352 g/mol. The number of hydrogen-bond acceptors (Lipinski definition) is 5. The molecule has 0 spiro atoms. The van der Waals surface area contributed by atoms with Crippen molar-refractivity contribution < 1.29 is 14.0 Å². The quantitative estimate of drug-likeness (QED) is 0.664. The second kappa shape index (κ2) is 8.21. The van der Waals surface area contributed by atoms with Crippen LogP contribution < -0.4 is 0 Å². The molecule has 26 heavy (non-hydrogen) atoms. The zero-order chi connectivity index (χ0) is 18.5. The number of benzene rings is 1. The van der Waals surface area contributed by atoms with Gasteiger partial charge < -0.3 is 4.42 Å². The topological polar surface area (TPSA) is 72.5 Å². The van der Waals surface area contributed by atoms with Crippen molar-refractivity contribution in [3.05, 3.63) is 41.8 Å². The molecule has 0 aliphatic heterocycles. The summed E-state index contributed by atoms with van der Waals surface area (Å²) < 4.78 is 5.66. The van der Waals surface area contributed by atoms with Gasteiger partial charge in [0.25, 0.3) is 0 Å². The molecule has 0 saturated heterocycles. The summed E-state index contributed by atoms with van der Waals surface area (Å²) in [5, 5.41) is 0. The van der Waals surface area contributed by atoms with Crippen molar-refractivity contribution in [2.24, 2.45) is 4.99 Å². The first-order valence-corrected chi connectivity index (χ1v) is 9.34. The summed E-state index contributed by atoms with van der Waals surface area (Å²) in [6.07, 6.45) is 5.19. The van der Waals surface area contributed by atoms with E-state index < -0.39 is 0 Å². The van der Waals surface area contributed by atoms with Crippen LogP contribution in [0.2, 0.25) is 0 Å². The van der Waals surface area contributed by atoms with E-state index in [1.54, 1.807) is 0 Å². The molecule has 1 aromatic heterocycles. The zero-order valence-electron chi connectivity index (χ0n) is 15.3. The number of hydrogen-bond donors (Lipinski definition) is 0. The minimum Gasteiger partial charge on any atom is -0.432 e. The summed E-state index contributed by atoms with van der Waals surface area (Å²) in [7, 11) is 0. The normalized spacial score (nSPS) is 16.8. The summed E-state index contributed by atoms with van der Waals surface area (Å²) in [4.78, 5) is 34.1. The third kappa shape index (κ3) is 3.82. The minimum atomic E-state index is -0.303. The van der Waals surface area contributed by atoms with E-state index in [0.29, 0.717) is 11.6 Å².